The van der Waals surface area contributed by atoms with Crippen LogP contribution in [0.4, 0.5) is 10.1 Å². The number of hydrogen-bond acceptors (Lipinski definition) is 1. The van der Waals surface area contributed by atoms with Crippen molar-refractivity contribution in [2.45, 2.75) is 25.8 Å². The van der Waals surface area contributed by atoms with Gasteiger partial charge in [-0.15, -0.1) is 0 Å². The molecule has 5 heteroatoms. The zero-order valence-corrected chi connectivity index (χ0v) is 14.6. The zero-order chi connectivity index (χ0) is 17.3. The Hall–Kier alpha value is -1.84. The Balaban J connectivity index is 1.91. The van der Waals surface area contributed by atoms with Crippen LogP contribution in [0.1, 0.15) is 24.5 Å². The number of benzene rings is 2. The highest BCUT2D eigenvalue weighted by Gasteiger charge is 2.27. The third-order valence-electron chi connectivity index (χ3n) is 4.20. The van der Waals surface area contributed by atoms with Gasteiger partial charge in [0.1, 0.15) is 5.82 Å². The van der Waals surface area contributed by atoms with Crippen LogP contribution in [0.3, 0.4) is 0 Å². The molecular weight excluding hydrogens is 348 g/mol. The molecule has 2 aromatic rings. The lowest BCUT2D eigenvalue weighted by molar-refractivity contribution is -0.114. The first-order valence-corrected chi connectivity index (χ1v) is 8.46. The van der Waals surface area contributed by atoms with E-state index in [1.807, 2.05) is 6.92 Å². The minimum atomic E-state index is -0.283. The normalized spacial score (nSPS) is 17.2. The average Bonchev–Trinajstić information content (AvgIpc) is 2.54. The number of carbonyl (C=O) groups is 1. The molecule has 1 unspecified atom stereocenters. The summed E-state index contributed by atoms with van der Waals surface area (Å²) in [6.45, 7) is 1.99. The highest BCUT2D eigenvalue weighted by atomic mass is 35.5. The predicted octanol–water partition coefficient (Wildman–Crippen LogP) is 5.51. The first-order chi connectivity index (χ1) is 11.5. The molecule has 0 aliphatic carbocycles. The second kappa shape index (κ2) is 6.96. The number of amides is 1. The summed E-state index contributed by atoms with van der Waals surface area (Å²) in [5.41, 5.74) is 2.22. The van der Waals surface area contributed by atoms with Gasteiger partial charge < -0.3 is 4.90 Å². The van der Waals surface area contributed by atoms with Crippen LogP contribution in [0.25, 0.3) is 6.08 Å². The van der Waals surface area contributed by atoms with E-state index in [0.717, 1.165) is 24.1 Å². The maximum Gasteiger partial charge on any atom is 0.251 e. The van der Waals surface area contributed by atoms with Crippen molar-refractivity contribution >= 4 is 40.9 Å². The van der Waals surface area contributed by atoms with E-state index < -0.39 is 0 Å². The minimum Gasteiger partial charge on any atom is -0.306 e. The van der Waals surface area contributed by atoms with E-state index in [9.17, 15) is 9.18 Å². The number of fused-ring (bicyclic) bond motifs is 1. The van der Waals surface area contributed by atoms with Crippen molar-refractivity contribution in [3.8, 4) is 0 Å². The standard InChI is InChI=1S/C19H16Cl2FNO/c1-12-5-6-13-11-14(22)7-9-18(13)23(12)19(24)10-8-15-16(20)3-2-4-17(15)21/h2-4,7-12H,5-6H2,1H3/b10-8+. The molecule has 124 valence electrons. The molecule has 2 nitrogen and oxygen atoms in total. The Labute approximate surface area is 150 Å². The van der Waals surface area contributed by atoms with Crippen LogP contribution in [0, 0.1) is 5.82 Å². The molecule has 1 aliphatic rings. The van der Waals surface area contributed by atoms with Crippen molar-refractivity contribution < 1.29 is 9.18 Å². The fraction of sp³-hybridized carbons (Fsp3) is 0.211. The zero-order valence-electron chi connectivity index (χ0n) is 13.1. The SMILES string of the molecule is CC1CCc2cc(F)ccc2N1C(=O)/C=C/c1c(Cl)cccc1Cl. The van der Waals surface area contributed by atoms with Gasteiger partial charge in [0, 0.05) is 33.4 Å². The molecule has 2 aromatic carbocycles. The smallest absolute Gasteiger partial charge is 0.251 e. The molecule has 1 heterocycles. The number of anilines is 1. The molecule has 24 heavy (non-hydrogen) atoms. The quantitative estimate of drug-likeness (QED) is 0.643. The van der Waals surface area contributed by atoms with Gasteiger partial charge in [-0.05, 0) is 61.7 Å². The molecule has 1 atom stereocenters. The van der Waals surface area contributed by atoms with Crippen molar-refractivity contribution in [1.29, 1.82) is 0 Å². The van der Waals surface area contributed by atoms with Crippen LogP contribution in [-0.4, -0.2) is 11.9 Å². The molecule has 0 fully saturated rings. The van der Waals surface area contributed by atoms with E-state index in [1.54, 1.807) is 35.2 Å². The van der Waals surface area contributed by atoms with Crippen molar-refractivity contribution in [2.24, 2.45) is 0 Å². The second-order valence-electron chi connectivity index (χ2n) is 5.84. The van der Waals surface area contributed by atoms with Crippen LogP contribution in [0.15, 0.2) is 42.5 Å². The average molecular weight is 364 g/mol. The van der Waals surface area contributed by atoms with E-state index >= 15 is 0 Å². The molecule has 0 spiro atoms. The predicted molar refractivity (Wildman–Crippen MR) is 97.2 cm³/mol. The van der Waals surface area contributed by atoms with Crippen molar-refractivity contribution in [2.75, 3.05) is 4.90 Å². The van der Waals surface area contributed by atoms with Gasteiger partial charge in [0.15, 0.2) is 0 Å². The lowest BCUT2D eigenvalue weighted by Crippen LogP contribution is -2.41. The molecule has 1 amide bonds. The number of halogens is 3. The Morgan fingerprint density at radius 1 is 1.25 bits per heavy atom. The van der Waals surface area contributed by atoms with Crippen LogP contribution in [0.2, 0.25) is 10.0 Å². The maximum absolute atomic E-state index is 13.4. The Bertz CT molecular complexity index is 799. The number of carbonyl (C=O) groups excluding carboxylic acids is 1. The van der Waals surface area contributed by atoms with Gasteiger partial charge in [-0.25, -0.2) is 4.39 Å². The first kappa shape index (κ1) is 17.0. The van der Waals surface area contributed by atoms with Crippen molar-refractivity contribution in [3.63, 3.8) is 0 Å². The van der Waals surface area contributed by atoms with Gasteiger partial charge >= 0.3 is 0 Å². The molecule has 0 aromatic heterocycles. The van der Waals surface area contributed by atoms with Gasteiger partial charge in [0.2, 0.25) is 0 Å². The molecule has 0 bridgehead atoms. The monoisotopic (exact) mass is 363 g/mol. The summed E-state index contributed by atoms with van der Waals surface area (Å²) in [7, 11) is 0. The van der Waals surface area contributed by atoms with E-state index in [1.165, 1.54) is 18.2 Å². The van der Waals surface area contributed by atoms with Crippen LogP contribution in [-0.2, 0) is 11.2 Å². The third-order valence-corrected chi connectivity index (χ3v) is 4.86. The molecule has 0 saturated heterocycles. The number of aryl methyl sites for hydroxylation is 1. The lowest BCUT2D eigenvalue weighted by atomic mass is 9.96. The highest BCUT2D eigenvalue weighted by Crippen LogP contribution is 2.32. The Kier molecular flexibility index (Phi) is 4.93. The van der Waals surface area contributed by atoms with Gasteiger partial charge in [0.05, 0.1) is 0 Å². The summed E-state index contributed by atoms with van der Waals surface area (Å²) in [5, 5.41) is 0.974. The summed E-state index contributed by atoms with van der Waals surface area (Å²) in [5.74, 6) is -0.458. The first-order valence-electron chi connectivity index (χ1n) is 7.71. The Morgan fingerprint density at radius 2 is 1.96 bits per heavy atom. The van der Waals surface area contributed by atoms with Gasteiger partial charge in [-0.1, -0.05) is 29.3 Å². The molecular formula is C19H16Cl2FNO. The van der Waals surface area contributed by atoms with Crippen LogP contribution >= 0.6 is 23.2 Å². The van der Waals surface area contributed by atoms with Crippen molar-refractivity contribution in [3.05, 3.63) is 69.5 Å². The van der Waals surface area contributed by atoms with Crippen LogP contribution in [0.5, 0.6) is 0 Å². The fourth-order valence-electron chi connectivity index (χ4n) is 2.96. The summed E-state index contributed by atoms with van der Waals surface area (Å²) < 4.78 is 13.4. The van der Waals surface area contributed by atoms with Gasteiger partial charge in [-0.3, -0.25) is 4.79 Å². The number of hydrogen-bond donors (Lipinski definition) is 0. The molecule has 3 rings (SSSR count). The highest BCUT2D eigenvalue weighted by molar-refractivity contribution is 6.37. The van der Waals surface area contributed by atoms with E-state index in [4.69, 9.17) is 23.2 Å². The van der Waals surface area contributed by atoms with E-state index in [-0.39, 0.29) is 17.8 Å². The minimum absolute atomic E-state index is 0.0434. The largest absolute Gasteiger partial charge is 0.306 e. The fourth-order valence-corrected chi connectivity index (χ4v) is 3.48. The Morgan fingerprint density at radius 3 is 2.67 bits per heavy atom. The van der Waals surface area contributed by atoms with E-state index in [0.29, 0.717) is 15.6 Å². The van der Waals surface area contributed by atoms with Crippen molar-refractivity contribution in [1.82, 2.24) is 0 Å². The molecule has 1 aliphatic heterocycles. The summed E-state index contributed by atoms with van der Waals surface area (Å²) >= 11 is 12.2. The lowest BCUT2D eigenvalue weighted by Gasteiger charge is -2.34. The van der Waals surface area contributed by atoms with E-state index in [2.05, 4.69) is 0 Å². The summed E-state index contributed by atoms with van der Waals surface area (Å²) in [6, 6.07) is 9.78. The number of rotatable bonds is 2. The van der Waals surface area contributed by atoms with Gasteiger partial charge in [0.25, 0.3) is 5.91 Å². The number of nitrogens with zero attached hydrogens (tertiary/aromatic N) is 1. The summed E-state index contributed by atoms with van der Waals surface area (Å²) in [6.07, 6.45) is 4.64. The summed E-state index contributed by atoms with van der Waals surface area (Å²) in [4.78, 5) is 14.4. The third kappa shape index (κ3) is 3.33. The molecule has 0 radical (unpaired) electrons. The van der Waals surface area contributed by atoms with Crippen LogP contribution < -0.4 is 4.90 Å². The molecule has 0 saturated carbocycles. The van der Waals surface area contributed by atoms with Gasteiger partial charge in [-0.2, -0.15) is 0 Å². The molecule has 0 N–H and O–H groups in total. The topological polar surface area (TPSA) is 20.3 Å². The second-order valence-corrected chi connectivity index (χ2v) is 6.65. The maximum atomic E-state index is 13.4.